The standard InChI is InChI=1S/C12H26O.C5H8O3/c1-3-5-7-9-11-13-12-10-8-6-4-2;1-4(6)2-3-5(7)8/h3-12H2,1-2H3;2-3H2,1H3,(H,7,8). The van der Waals surface area contributed by atoms with Crippen LogP contribution in [0.3, 0.4) is 0 Å². The second-order valence-electron chi connectivity index (χ2n) is 5.33. The second-order valence-corrected chi connectivity index (χ2v) is 5.33. The number of carbonyl (C=O) groups is 2. The highest BCUT2D eigenvalue weighted by atomic mass is 16.5. The van der Waals surface area contributed by atoms with Gasteiger partial charge in [-0.2, -0.15) is 0 Å². The minimum Gasteiger partial charge on any atom is -0.481 e. The molecular weight excluding hydrogens is 268 g/mol. The summed E-state index contributed by atoms with van der Waals surface area (Å²) < 4.78 is 5.53. The fraction of sp³-hybridized carbons (Fsp3) is 0.882. The Morgan fingerprint density at radius 3 is 1.57 bits per heavy atom. The first kappa shape index (κ1) is 22.4. The van der Waals surface area contributed by atoms with Crippen LogP contribution in [0.2, 0.25) is 0 Å². The van der Waals surface area contributed by atoms with E-state index in [2.05, 4.69) is 13.8 Å². The summed E-state index contributed by atoms with van der Waals surface area (Å²) in [6, 6.07) is 0. The van der Waals surface area contributed by atoms with E-state index in [1.165, 1.54) is 58.3 Å². The van der Waals surface area contributed by atoms with Crippen molar-refractivity contribution in [2.45, 2.75) is 85.0 Å². The van der Waals surface area contributed by atoms with Gasteiger partial charge >= 0.3 is 5.97 Å². The van der Waals surface area contributed by atoms with Crippen molar-refractivity contribution in [2.75, 3.05) is 13.2 Å². The number of carboxylic acids is 1. The average molecular weight is 302 g/mol. The van der Waals surface area contributed by atoms with Gasteiger partial charge in [0.1, 0.15) is 5.78 Å². The molecule has 0 heterocycles. The van der Waals surface area contributed by atoms with Gasteiger partial charge in [0.15, 0.2) is 0 Å². The summed E-state index contributed by atoms with van der Waals surface area (Å²) in [4.78, 5) is 19.8. The van der Waals surface area contributed by atoms with Gasteiger partial charge in [-0.15, -0.1) is 0 Å². The molecule has 126 valence electrons. The van der Waals surface area contributed by atoms with E-state index in [1.807, 2.05) is 0 Å². The van der Waals surface area contributed by atoms with E-state index < -0.39 is 5.97 Å². The Balaban J connectivity index is 0. The van der Waals surface area contributed by atoms with Gasteiger partial charge in [0.25, 0.3) is 0 Å². The van der Waals surface area contributed by atoms with Crippen molar-refractivity contribution in [3.8, 4) is 0 Å². The molecule has 4 nitrogen and oxygen atoms in total. The Morgan fingerprint density at radius 2 is 1.29 bits per heavy atom. The predicted octanol–water partition coefficient (Wildman–Crippen LogP) is 4.60. The first-order valence-corrected chi connectivity index (χ1v) is 8.33. The maximum Gasteiger partial charge on any atom is 0.303 e. The quantitative estimate of drug-likeness (QED) is 0.505. The SMILES string of the molecule is CC(=O)CCC(=O)O.CCCCCCOCCCCCC. The van der Waals surface area contributed by atoms with Crippen molar-refractivity contribution >= 4 is 11.8 Å². The Bertz CT molecular complexity index is 215. The third kappa shape index (κ3) is 28.1. The van der Waals surface area contributed by atoms with Gasteiger partial charge in [0.05, 0.1) is 6.42 Å². The lowest BCUT2D eigenvalue weighted by Gasteiger charge is -2.03. The molecular formula is C17H34O4. The van der Waals surface area contributed by atoms with Crippen LogP contribution in [-0.2, 0) is 14.3 Å². The monoisotopic (exact) mass is 302 g/mol. The van der Waals surface area contributed by atoms with E-state index >= 15 is 0 Å². The molecule has 0 atom stereocenters. The summed E-state index contributed by atoms with van der Waals surface area (Å²) in [7, 11) is 0. The lowest BCUT2D eigenvalue weighted by Crippen LogP contribution is -1.98. The highest BCUT2D eigenvalue weighted by Crippen LogP contribution is 2.01. The highest BCUT2D eigenvalue weighted by Gasteiger charge is 1.97. The minimum atomic E-state index is -0.916. The molecule has 1 N–H and O–H groups in total. The topological polar surface area (TPSA) is 63.6 Å². The molecule has 0 radical (unpaired) electrons. The zero-order chi connectivity index (χ0) is 16.3. The van der Waals surface area contributed by atoms with E-state index in [0.29, 0.717) is 0 Å². The van der Waals surface area contributed by atoms with Gasteiger partial charge in [0, 0.05) is 19.6 Å². The fourth-order valence-electron chi connectivity index (χ4n) is 1.65. The van der Waals surface area contributed by atoms with Crippen LogP contribution in [-0.4, -0.2) is 30.1 Å². The molecule has 0 aromatic heterocycles. The minimum absolute atomic E-state index is 0.0463. The Labute approximate surface area is 130 Å². The van der Waals surface area contributed by atoms with E-state index in [1.54, 1.807) is 0 Å². The number of aliphatic carboxylic acids is 1. The zero-order valence-electron chi connectivity index (χ0n) is 14.2. The van der Waals surface area contributed by atoms with Crippen LogP contribution in [0.25, 0.3) is 0 Å². The van der Waals surface area contributed by atoms with Crippen LogP contribution >= 0.6 is 0 Å². The molecule has 0 aromatic carbocycles. The van der Waals surface area contributed by atoms with Crippen molar-refractivity contribution in [1.29, 1.82) is 0 Å². The van der Waals surface area contributed by atoms with Crippen LogP contribution in [0.1, 0.15) is 85.0 Å². The molecule has 0 saturated heterocycles. The normalized spacial score (nSPS) is 9.86. The lowest BCUT2D eigenvalue weighted by molar-refractivity contribution is -0.138. The number of unbranched alkanes of at least 4 members (excludes halogenated alkanes) is 6. The number of hydrogen-bond donors (Lipinski definition) is 1. The van der Waals surface area contributed by atoms with Crippen LogP contribution in [0.15, 0.2) is 0 Å². The number of rotatable bonds is 13. The van der Waals surface area contributed by atoms with Crippen molar-refractivity contribution in [2.24, 2.45) is 0 Å². The van der Waals surface area contributed by atoms with Crippen LogP contribution in [0.4, 0.5) is 0 Å². The van der Waals surface area contributed by atoms with E-state index in [9.17, 15) is 9.59 Å². The second kappa shape index (κ2) is 19.1. The molecule has 0 aromatic rings. The molecule has 0 rings (SSSR count). The smallest absolute Gasteiger partial charge is 0.303 e. The highest BCUT2D eigenvalue weighted by molar-refractivity contribution is 5.80. The molecule has 0 spiro atoms. The number of ketones is 1. The number of hydrogen-bond acceptors (Lipinski definition) is 3. The number of Topliss-reactive ketones (excluding diaryl/α,β-unsaturated/α-hetero) is 1. The van der Waals surface area contributed by atoms with Crippen molar-refractivity contribution in [1.82, 2.24) is 0 Å². The molecule has 0 aliphatic rings. The van der Waals surface area contributed by atoms with E-state index in [0.717, 1.165) is 13.2 Å². The van der Waals surface area contributed by atoms with Crippen LogP contribution < -0.4 is 0 Å². The van der Waals surface area contributed by atoms with Gasteiger partial charge in [-0.1, -0.05) is 52.4 Å². The summed E-state index contributed by atoms with van der Waals surface area (Å²) in [6.45, 7) is 7.82. The molecule has 0 saturated carbocycles. The lowest BCUT2D eigenvalue weighted by atomic mass is 10.2. The maximum absolute atomic E-state index is 10.1. The number of carbonyl (C=O) groups excluding carboxylic acids is 1. The predicted molar refractivity (Wildman–Crippen MR) is 86.7 cm³/mol. The van der Waals surface area contributed by atoms with Crippen molar-refractivity contribution in [3.05, 3.63) is 0 Å². The zero-order valence-corrected chi connectivity index (χ0v) is 14.2. The van der Waals surface area contributed by atoms with Crippen LogP contribution in [0, 0.1) is 0 Å². The fourth-order valence-corrected chi connectivity index (χ4v) is 1.65. The van der Waals surface area contributed by atoms with Crippen molar-refractivity contribution in [3.63, 3.8) is 0 Å². The Hall–Kier alpha value is -0.900. The maximum atomic E-state index is 10.1. The summed E-state index contributed by atoms with van der Waals surface area (Å²) in [5.41, 5.74) is 0. The molecule has 0 bridgehead atoms. The molecule has 0 unspecified atom stereocenters. The number of ether oxygens (including phenoxy) is 1. The summed E-state index contributed by atoms with van der Waals surface area (Å²) in [5, 5.41) is 8.01. The first-order chi connectivity index (χ1) is 10.0. The van der Waals surface area contributed by atoms with Gasteiger partial charge in [0.2, 0.25) is 0 Å². The molecule has 0 aliphatic heterocycles. The average Bonchev–Trinajstić information content (AvgIpc) is 2.44. The number of carboxylic acid groups (broad SMARTS) is 1. The van der Waals surface area contributed by atoms with Gasteiger partial charge < -0.3 is 14.6 Å². The summed E-state index contributed by atoms with van der Waals surface area (Å²) in [5.74, 6) is -0.993. The third-order valence-electron chi connectivity index (χ3n) is 2.98. The van der Waals surface area contributed by atoms with Gasteiger partial charge in [-0.05, 0) is 19.8 Å². The van der Waals surface area contributed by atoms with Gasteiger partial charge in [-0.3, -0.25) is 4.79 Å². The molecule has 0 fully saturated rings. The third-order valence-corrected chi connectivity index (χ3v) is 2.98. The molecule has 0 amide bonds. The molecule has 4 heteroatoms. The van der Waals surface area contributed by atoms with Crippen molar-refractivity contribution < 1.29 is 19.4 Å². The molecule has 21 heavy (non-hydrogen) atoms. The summed E-state index contributed by atoms with van der Waals surface area (Å²) in [6.07, 6.45) is 10.6. The van der Waals surface area contributed by atoms with E-state index in [-0.39, 0.29) is 18.6 Å². The van der Waals surface area contributed by atoms with Crippen LogP contribution in [0.5, 0.6) is 0 Å². The van der Waals surface area contributed by atoms with E-state index in [4.69, 9.17) is 9.84 Å². The first-order valence-electron chi connectivity index (χ1n) is 8.33. The molecule has 0 aliphatic carbocycles. The Morgan fingerprint density at radius 1 is 0.810 bits per heavy atom. The summed E-state index contributed by atoms with van der Waals surface area (Å²) >= 11 is 0. The Kier molecular flexibility index (Phi) is 20.4. The van der Waals surface area contributed by atoms with Gasteiger partial charge in [-0.25, -0.2) is 0 Å². The largest absolute Gasteiger partial charge is 0.481 e.